The number of para-hydroxylation sites is 2. The van der Waals surface area contributed by atoms with Crippen LogP contribution < -0.4 is 10.1 Å². The van der Waals surface area contributed by atoms with E-state index in [4.69, 9.17) is 9.47 Å². The van der Waals surface area contributed by atoms with Gasteiger partial charge in [-0.3, -0.25) is 0 Å². The lowest BCUT2D eigenvalue weighted by Gasteiger charge is -2.20. The van der Waals surface area contributed by atoms with Crippen LogP contribution in [0.25, 0.3) is 0 Å². The van der Waals surface area contributed by atoms with E-state index in [0.29, 0.717) is 6.61 Å². The zero-order chi connectivity index (χ0) is 14.2. The minimum absolute atomic E-state index is 0.207. The van der Waals surface area contributed by atoms with E-state index < -0.39 is 0 Å². The van der Waals surface area contributed by atoms with Crippen molar-refractivity contribution in [1.29, 1.82) is 0 Å². The molecule has 0 saturated carbocycles. The summed E-state index contributed by atoms with van der Waals surface area (Å²) in [6, 6.07) is 18.6. The lowest BCUT2D eigenvalue weighted by Crippen LogP contribution is -2.27. The molecule has 2 aromatic carbocycles. The van der Waals surface area contributed by atoms with Crippen LogP contribution in [-0.4, -0.2) is 26.9 Å². The molecule has 1 unspecified atom stereocenters. The number of methoxy groups -OCH3 is 2. The normalized spacial score (nSPS) is 11.9. The van der Waals surface area contributed by atoms with Gasteiger partial charge in [-0.15, -0.1) is 0 Å². The van der Waals surface area contributed by atoms with Gasteiger partial charge < -0.3 is 14.8 Å². The second-order valence-corrected chi connectivity index (χ2v) is 4.69. The minimum atomic E-state index is 0.207. The standard InChI is InChI=1S/C17H21NO2/c1-19-13-15(12-14-8-4-3-5-9-14)18-16-10-6-7-11-17(16)20-2/h3-11,15,18H,12-13H2,1-2H3. The monoisotopic (exact) mass is 271 g/mol. The predicted octanol–water partition coefficient (Wildman–Crippen LogP) is 3.36. The first-order valence-electron chi connectivity index (χ1n) is 6.76. The van der Waals surface area contributed by atoms with E-state index in [9.17, 15) is 0 Å². The number of hydrogen-bond donors (Lipinski definition) is 1. The number of anilines is 1. The molecule has 20 heavy (non-hydrogen) atoms. The lowest BCUT2D eigenvalue weighted by molar-refractivity contribution is 0.185. The second-order valence-electron chi connectivity index (χ2n) is 4.69. The van der Waals surface area contributed by atoms with Gasteiger partial charge in [-0.2, -0.15) is 0 Å². The van der Waals surface area contributed by atoms with Crippen LogP contribution in [0.15, 0.2) is 54.6 Å². The summed E-state index contributed by atoms with van der Waals surface area (Å²) in [5.41, 5.74) is 2.28. The van der Waals surface area contributed by atoms with E-state index in [0.717, 1.165) is 17.9 Å². The Balaban J connectivity index is 2.09. The van der Waals surface area contributed by atoms with Gasteiger partial charge in [0.1, 0.15) is 5.75 Å². The molecule has 2 rings (SSSR count). The Kier molecular flexibility index (Phi) is 5.44. The highest BCUT2D eigenvalue weighted by atomic mass is 16.5. The highest BCUT2D eigenvalue weighted by molar-refractivity contribution is 5.56. The first-order chi connectivity index (χ1) is 9.83. The SMILES string of the molecule is COCC(Cc1ccccc1)Nc1ccccc1OC. The topological polar surface area (TPSA) is 30.5 Å². The Hall–Kier alpha value is -2.00. The molecule has 0 aliphatic rings. The summed E-state index contributed by atoms with van der Waals surface area (Å²) in [6.07, 6.45) is 0.909. The van der Waals surface area contributed by atoms with Crippen molar-refractivity contribution in [2.75, 3.05) is 26.1 Å². The molecular formula is C17H21NO2. The van der Waals surface area contributed by atoms with Gasteiger partial charge in [0.15, 0.2) is 0 Å². The molecule has 0 heterocycles. The second kappa shape index (κ2) is 7.56. The lowest BCUT2D eigenvalue weighted by atomic mass is 10.1. The van der Waals surface area contributed by atoms with Gasteiger partial charge >= 0.3 is 0 Å². The fraction of sp³-hybridized carbons (Fsp3) is 0.294. The fourth-order valence-electron chi connectivity index (χ4n) is 2.24. The van der Waals surface area contributed by atoms with Crippen LogP contribution in [0.1, 0.15) is 5.56 Å². The molecule has 0 bridgehead atoms. The molecule has 0 spiro atoms. The van der Waals surface area contributed by atoms with Crippen molar-refractivity contribution in [3.05, 3.63) is 60.2 Å². The van der Waals surface area contributed by atoms with E-state index in [1.807, 2.05) is 30.3 Å². The van der Waals surface area contributed by atoms with Crippen LogP contribution in [-0.2, 0) is 11.2 Å². The maximum absolute atomic E-state index is 5.37. The van der Waals surface area contributed by atoms with Gasteiger partial charge in [0, 0.05) is 7.11 Å². The molecule has 1 N–H and O–H groups in total. The molecule has 0 aliphatic heterocycles. The average Bonchev–Trinajstić information content (AvgIpc) is 2.49. The van der Waals surface area contributed by atoms with Crippen LogP contribution >= 0.6 is 0 Å². The summed E-state index contributed by atoms with van der Waals surface area (Å²) in [7, 11) is 3.41. The molecule has 0 saturated heterocycles. The zero-order valence-corrected chi connectivity index (χ0v) is 12.0. The maximum atomic E-state index is 5.37. The van der Waals surface area contributed by atoms with E-state index in [1.54, 1.807) is 14.2 Å². The Morgan fingerprint density at radius 3 is 2.35 bits per heavy atom. The minimum Gasteiger partial charge on any atom is -0.495 e. The molecule has 0 amide bonds. The van der Waals surface area contributed by atoms with Crippen molar-refractivity contribution < 1.29 is 9.47 Å². The molecule has 3 heteroatoms. The number of nitrogens with one attached hydrogen (secondary N) is 1. The molecule has 2 aromatic rings. The molecule has 0 aromatic heterocycles. The first kappa shape index (κ1) is 14.4. The summed E-state index contributed by atoms with van der Waals surface area (Å²) in [5, 5.41) is 3.50. The van der Waals surface area contributed by atoms with Crippen LogP contribution in [0.4, 0.5) is 5.69 Å². The molecule has 0 radical (unpaired) electrons. The Morgan fingerprint density at radius 1 is 0.950 bits per heavy atom. The number of ether oxygens (including phenoxy) is 2. The summed E-state index contributed by atoms with van der Waals surface area (Å²) in [4.78, 5) is 0. The Labute approximate surface area is 120 Å². The molecule has 0 aliphatic carbocycles. The number of rotatable bonds is 7. The predicted molar refractivity (Wildman–Crippen MR) is 82.4 cm³/mol. The smallest absolute Gasteiger partial charge is 0.141 e. The van der Waals surface area contributed by atoms with E-state index in [2.05, 4.69) is 29.6 Å². The molecule has 3 nitrogen and oxygen atoms in total. The van der Waals surface area contributed by atoms with Crippen LogP contribution in [0.2, 0.25) is 0 Å². The van der Waals surface area contributed by atoms with Crippen molar-refractivity contribution in [1.82, 2.24) is 0 Å². The first-order valence-corrected chi connectivity index (χ1v) is 6.76. The van der Waals surface area contributed by atoms with Crippen molar-refractivity contribution in [2.45, 2.75) is 12.5 Å². The van der Waals surface area contributed by atoms with E-state index >= 15 is 0 Å². The van der Waals surface area contributed by atoms with Crippen molar-refractivity contribution >= 4 is 5.69 Å². The number of benzene rings is 2. The molecule has 106 valence electrons. The fourth-order valence-corrected chi connectivity index (χ4v) is 2.24. The summed E-state index contributed by atoms with van der Waals surface area (Å²) < 4.78 is 10.7. The van der Waals surface area contributed by atoms with E-state index in [1.165, 1.54) is 5.56 Å². The van der Waals surface area contributed by atoms with Crippen LogP contribution in [0.3, 0.4) is 0 Å². The Morgan fingerprint density at radius 2 is 1.65 bits per heavy atom. The highest BCUT2D eigenvalue weighted by Crippen LogP contribution is 2.24. The van der Waals surface area contributed by atoms with Gasteiger partial charge in [-0.25, -0.2) is 0 Å². The van der Waals surface area contributed by atoms with Crippen molar-refractivity contribution in [3.8, 4) is 5.75 Å². The van der Waals surface area contributed by atoms with Gasteiger partial charge in [-0.05, 0) is 24.1 Å². The third-order valence-corrected chi connectivity index (χ3v) is 3.16. The number of hydrogen-bond acceptors (Lipinski definition) is 3. The quantitative estimate of drug-likeness (QED) is 0.837. The van der Waals surface area contributed by atoms with Gasteiger partial charge in [0.25, 0.3) is 0 Å². The van der Waals surface area contributed by atoms with Crippen molar-refractivity contribution in [3.63, 3.8) is 0 Å². The third kappa shape index (κ3) is 4.00. The van der Waals surface area contributed by atoms with Crippen molar-refractivity contribution in [2.24, 2.45) is 0 Å². The largest absolute Gasteiger partial charge is 0.495 e. The van der Waals surface area contributed by atoms with Gasteiger partial charge in [-0.1, -0.05) is 42.5 Å². The molecule has 1 atom stereocenters. The molecular weight excluding hydrogens is 250 g/mol. The van der Waals surface area contributed by atoms with Gasteiger partial charge in [0.05, 0.1) is 25.4 Å². The Bertz CT molecular complexity index is 513. The third-order valence-electron chi connectivity index (χ3n) is 3.16. The van der Waals surface area contributed by atoms with Crippen LogP contribution in [0.5, 0.6) is 5.75 Å². The summed E-state index contributed by atoms with van der Waals surface area (Å²) >= 11 is 0. The highest BCUT2D eigenvalue weighted by Gasteiger charge is 2.11. The van der Waals surface area contributed by atoms with Crippen LogP contribution in [0, 0.1) is 0 Å². The van der Waals surface area contributed by atoms with E-state index in [-0.39, 0.29) is 6.04 Å². The average molecular weight is 271 g/mol. The summed E-state index contributed by atoms with van der Waals surface area (Å²) in [5.74, 6) is 0.849. The summed E-state index contributed by atoms with van der Waals surface area (Å²) in [6.45, 7) is 0.646. The zero-order valence-electron chi connectivity index (χ0n) is 12.0. The van der Waals surface area contributed by atoms with Gasteiger partial charge in [0.2, 0.25) is 0 Å². The maximum Gasteiger partial charge on any atom is 0.141 e. The molecule has 0 fully saturated rings.